The monoisotopic (exact) mass is 280 g/mol. The molecule has 1 heterocycles. The Labute approximate surface area is 113 Å². The van der Waals surface area contributed by atoms with Crippen LogP contribution in [0.4, 0.5) is 13.2 Å². The number of carbonyl (C=O) groups excluding carboxylic acids is 1. The van der Waals surface area contributed by atoms with Gasteiger partial charge < -0.3 is 5.32 Å². The maximum atomic E-state index is 13.4. The van der Waals surface area contributed by atoms with Crippen molar-refractivity contribution in [2.24, 2.45) is 0 Å². The quantitative estimate of drug-likeness (QED) is 0.878. The summed E-state index contributed by atoms with van der Waals surface area (Å²) in [5.74, 6) is -4.64. The van der Waals surface area contributed by atoms with Crippen LogP contribution in [0.15, 0.2) is 30.3 Å². The lowest BCUT2D eigenvalue weighted by molar-refractivity contribution is 0.0945. The number of aryl methyl sites for hydroxylation is 1. The molecule has 2 aromatic rings. The predicted molar refractivity (Wildman–Crippen MR) is 66.5 cm³/mol. The summed E-state index contributed by atoms with van der Waals surface area (Å²) in [6.45, 7) is 1.48. The molecule has 0 saturated heterocycles. The van der Waals surface area contributed by atoms with Crippen molar-refractivity contribution >= 4 is 5.91 Å². The molecular weight excluding hydrogens is 269 g/mol. The first-order valence-electron chi connectivity index (χ1n) is 5.83. The van der Waals surface area contributed by atoms with Crippen LogP contribution in [-0.2, 0) is 6.54 Å². The van der Waals surface area contributed by atoms with Crippen molar-refractivity contribution in [3.05, 3.63) is 64.7 Å². The number of halogens is 3. The van der Waals surface area contributed by atoms with Gasteiger partial charge in [-0.05, 0) is 25.1 Å². The largest absolute Gasteiger partial charge is 0.347 e. The summed E-state index contributed by atoms with van der Waals surface area (Å²) in [6, 6.07) is 6.79. The maximum Gasteiger partial charge on any atom is 0.270 e. The van der Waals surface area contributed by atoms with E-state index in [9.17, 15) is 18.0 Å². The number of nitrogens with zero attached hydrogens (tertiary/aromatic N) is 1. The molecular formula is C14H11F3N2O. The van der Waals surface area contributed by atoms with Crippen molar-refractivity contribution in [1.82, 2.24) is 10.3 Å². The third-order valence-electron chi connectivity index (χ3n) is 2.68. The van der Waals surface area contributed by atoms with E-state index < -0.39 is 23.4 Å². The van der Waals surface area contributed by atoms with Crippen molar-refractivity contribution in [2.75, 3.05) is 0 Å². The van der Waals surface area contributed by atoms with Crippen LogP contribution in [0, 0.1) is 24.4 Å². The van der Waals surface area contributed by atoms with Gasteiger partial charge in [-0.3, -0.25) is 4.79 Å². The number of hydrogen-bond acceptors (Lipinski definition) is 2. The molecule has 0 aliphatic carbocycles. The van der Waals surface area contributed by atoms with Crippen LogP contribution in [0.1, 0.15) is 21.7 Å². The van der Waals surface area contributed by atoms with E-state index in [-0.39, 0.29) is 17.8 Å². The zero-order chi connectivity index (χ0) is 14.7. The molecule has 0 radical (unpaired) electrons. The summed E-state index contributed by atoms with van der Waals surface area (Å²) < 4.78 is 39.2. The number of nitrogens with one attached hydrogen (secondary N) is 1. The second kappa shape index (κ2) is 5.73. The van der Waals surface area contributed by atoms with Crippen LogP contribution in [0.3, 0.4) is 0 Å². The molecule has 2 rings (SSSR count). The van der Waals surface area contributed by atoms with Crippen LogP contribution in [-0.4, -0.2) is 10.9 Å². The number of aromatic nitrogens is 1. The van der Waals surface area contributed by atoms with Crippen molar-refractivity contribution in [2.45, 2.75) is 13.5 Å². The average molecular weight is 280 g/mol. The second-order valence-corrected chi connectivity index (χ2v) is 4.18. The van der Waals surface area contributed by atoms with Gasteiger partial charge in [-0.1, -0.05) is 12.1 Å². The smallest absolute Gasteiger partial charge is 0.270 e. The summed E-state index contributed by atoms with van der Waals surface area (Å²) in [7, 11) is 0. The van der Waals surface area contributed by atoms with Crippen molar-refractivity contribution < 1.29 is 18.0 Å². The number of amides is 1. The summed E-state index contributed by atoms with van der Waals surface area (Å²) >= 11 is 0. The van der Waals surface area contributed by atoms with Gasteiger partial charge in [0.15, 0.2) is 17.5 Å². The van der Waals surface area contributed by atoms with Gasteiger partial charge in [-0.25, -0.2) is 18.2 Å². The minimum atomic E-state index is -1.55. The van der Waals surface area contributed by atoms with Gasteiger partial charge in [-0.15, -0.1) is 0 Å². The van der Waals surface area contributed by atoms with Crippen LogP contribution in [0.2, 0.25) is 0 Å². The Balaban J connectivity index is 2.09. The molecule has 1 aromatic heterocycles. The molecule has 0 bridgehead atoms. The Morgan fingerprint density at radius 3 is 2.60 bits per heavy atom. The van der Waals surface area contributed by atoms with Gasteiger partial charge in [0, 0.05) is 17.8 Å². The zero-order valence-corrected chi connectivity index (χ0v) is 10.6. The first kappa shape index (κ1) is 14.0. The molecule has 1 N–H and O–H groups in total. The highest BCUT2D eigenvalue weighted by molar-refractivity contribution is 5.92. The van der Waals surface area contributed by atoms with Crippen molar-refractivity contribution in [3.63, 3.8) is 0 Å². The van der Waals surface area contributed by atoms with E-state index in [1.165, 1.54) is 6.07 Å². The lowest BCUT2D eigenvalue weighted by Crippen LogP contribution is -2.24. The number of hydrogen-bond donors (Lipinski definition) is 1. The summed E-state index contributed by atoms with van der Waals surface area (Å²) in [6.07, 6.45) is 0. The SMILES string of the molecule is Cc1cccc(C(=O)NCc2ccc(F)c(F)c2F)n1. The molecule has 0 spiro atoms. The molecule has 1 aromatic carbocycles. The van der Waals surface area contributed by atoms with Gasteiger partial charge in [0.1, 0.15) is 5.69 Å². The van der Waals surface area contributed by atoms with Crippen LogP contribution in [0.25, 0.3) is 0 Å². The molecule has 1 amide bonds. The number of pyridine rings is 1. The molecule has 0 unspecified atom stereocenters. The second-order valence-electron chi connectivity index (χ2n) is 4.18. The normalized spacial score (nSPS) is 10.4. The van der Waals surface area contributed by atoms with E-state index in [4.69, 9.17) is 0 Å². The topological polar surface area (TPSA) is 42.0 Å². The zero-order valence-electron chi connectivity index (χ0n) is 10.6. The fraction of sp³-hybridized carbons (Fsp3) is 0.143. The van der Waals surface area contributed by atoms with E-state index in [0.717, 1.165) is 12.1 Å². The highest BCUT2D eigenvalue weighted by atomic mass is 19.2. The van der Waals surface area contributed by atoms with Gasteiger partial charge in [0.25, 0.3) is 5.91 Å². The first-order valence-corrected chi connectivity index (χ1v) is 5.83. The molecule has 20 heavy (non-hydrogen) atoms. The third-order valence-corrected chi connectivity index (χ3v) is 2.68. The summed E-state index contributed by atoms with van der Waals surface area (Å²) in [5, 5.41) is 2.40. The third kappa shape index (κ3) is 2.96. The first-order chi connectivity index (χ1) is 9.49. The molecule has 0 aliphatic heterocycles. The fourth-order valence-corrected chi connectivity index (χ4v) is 1.64. The van der Waals surface area contributed by atoms with Crippen molar-refractivity contribution in [1.29, 1.82) is 0 Å². The Hall–Kier alpha value is -2.37. The molecule has 104 valence electrons. The van der Waals surface area contributed by atoms with Gasteiger partial charge in [-0.2, -0.15) is 0 Å². The molecule has 0 fully saturated rings. The number of benzene rings is 1. The van der Waals surface area contributed by atoms with E-state index in [0.29, 0.717) is 5.69 Å². The van der Waals surface area contributed by atoms with E-state index in [1.54, 1.807) is 19.1 Å². The van der Waals surface area contributed by atoms with Gasteiger partial charge in [0.2, 0.25) is 0 Å². The molecule has 0 atom stereocenters. The van der Waals surface area contributed by atoms with Gasteiger partial charge >= 0.3 is 0 Å². The van der Waals surface area contributed by atoms with Crippen molar-refractivity contribution in [3.8, 4) is 0 Å². The number of carbonyl (C=O) groups is 1. The average Bonchev–Trinajstić information content (AvgIpc) is 2.44. The van der Waals surface area contributed by atoms with E-state index in [2.05, 4.69) is 10.3 Å². The summed E-state index contributed by atoms with van der Waals surface area (Å²) in [4.78, 5) is 15.8. The highest BCUT2D eigenvalue weighted by Crippen LogP contribution is 2.15. The predicted octanol–water partition coefficient (Wildman–Crippen LogP) is 2.74. The Bertz CT molecular complexity index is 659. The Morgan fingerprint density at radius 1 is 1.15 bits per heavy atom. The minimum absolute atomic E-state index is 0.134. The van der Waals surface area contributed by atoms with Crippen LogP contribution >= 0.6 is 0 Å². The van der Waals surface area contributed by atoms with Crippen LogP contribution < -0.4 is 5.32 Å². The van der Waals surface area contributed by atoms with Crippen LogP contribution in [0.5, 0.6) is 0 Å². The standard InChI is InChI=1S/C14H11F3N2O/c1-8-3-2-4-11(19-8)14(20)18-7-9-5-6-10(15)13(17)12(9)16/h2-6H,7H2,1H3,(H,18,20). The summed E-state index contributed by atoms with van der Waals surface area (Å²) in [5.41, 5.74) is 0.703. The fourth-order valence-electron chi connectivity index (χ4n) is 1.64. The Morgan fingerprint density at radius 2 is 1.90 bits per heavy atom. The van der Waals surface area contributed by atoms with E-state index in [1.807, 2.05) is 0 Å². The highest BCUT2D eigenvalue weighted by Gasteiger charge is 2.14. The lowest BCUT2D eigenvalue weighted by atomic mass is 10.2. The number of rotatable bonds is 3. The lowest BCUT2D eigenvalue weighted by Gasteiger charge is -2.07. The Kier molecular flexibility index (Phi) is 4.02. The molecule has 3 nitrogen and oxygen atoms in total. The van der Waals surface area contributed by atoms with E-state index >= 15 is 0 Å². The maximum absolute atomic E-state index is 13.4. The molecule has 0 aliphatic rings. The molecule has 0 saturated carbocycles. The molecule has 6 heteroatoms. The van der Waals surface area contributed by atoms with Gasteiger partial charge in [0.05, 0.1) is 0 Å². The minimum Gasteiger partial charge on any atom is -0.347 e.